The third kappa shape index (κ3) is 4.10. The van der Waals surface area contributed by atoms with Crippen molar-refractivity contribution >= 4 is 11.6 Å². The first-order chi connectivity index (χ1) is 7.26. The number of carbonyl (C=O) groups is 1. The fraction of sp³-hybridized carbons (Fsp3) is 0.364. The van der Waals surface area contributed by atoms with E-state index in [1.807, 2.05) is 24.3 Å². The van der Waals surface area contributed by atoms with E-state index in [1.165, 1.54) is 0 Å². The first-order valence-corrected chi connectivity index (χ1v) is 4.78. The van der Waals surface area contributed by atoms with Gasteiger partial charge in [0, 0.05) is 12.8 Å². The third-order valence-electron chi connectivity index (χ3n) is 1.89. The second-order valence-electron chi connectivity index (χ2n) is 3.21. The number of methoxy groups -OCH3 is 1. The molecule has 82 valence electrons. The van der Waals surface area contributed by atoms with Crippen LogP contribution >= 0.6 is 0 Å². The van der Waals surface area contributed by atoms with Gasteiger partial charge in [-0.15, -0.1) is 0 Å². The van der Waals surface area contributed by atoms with Crippen molar-refractivity contribution < 1.29 is 9.53 Å². The Morgan fingerprint density at radius 2 is 2.00 bits per heavy atom. The summed E-state index contributed by atoms with van der Waals surface area (Å²) in [5, 5.41) is 5.56. The summed E-state index contributed by atoms with van der Waals surface area (Å²) < 4.78 is 4.99. The van der Waals surface area contributed by atoms with Gasteiger partial charge in [0.2, 0.25) is 5.91 Å². The SMILES string of the molecule is CNCC(=O)Nc1ccc(COC)cc1. The van der Waals surface area contributed by atoms with Crippen molar-refractivity contribution in [1.29, 1.82) is 0 Å². The number of rotatable bonds is 5. The number of amides is 1. The number of benzene rings is 1. The van der Waals surface area contributed by atoms with Gasteiger partial charge in [0.15, 0.2) is 0 Å². The summed E-state index contributed by atoms with van der Waals surface area (Å²) in [6, 6.07) is 7.58. The quantitative estimate of drug-likeness (QED) is 0.758. The molecule has 15 heavy (non-hydrogen) atoms. The zero-order valence-electron chi connectivity index (χ0n) is 9.04. The van der Waals surface area contributed by atoms with Crippen molar-refractivity contribution in [3.63, 3.8) is 0 Å². The van der Waals surface area contributed by atoms with Crippen LogP contribution in [-0.2, 0) is 16.1 Å². The van der Waals surface area contributed by atoms with Gasteiger partial charge in [0.05, 0.1) is 13.2 Å². The zero-order chi connectivity index (χ0) is 11.1. The van der Waals surface area contributed by atoms with Crippen LogP contribution in [0.5, 0.6) is 0 Å². The van der Waals surface area contributed by atoms with Crippen LogP contribution in [0, 0.1) is 0 Å². The second-order valence-corrected chi connectivity index (χ2v) is 3.21. The number of ether oxygens (including phenoxy) is 1. The van der Waals surface area contributed by atoms with E-state index in [-0.39, 0.29) is 5.91 Å². The highest BCUT2D eigenvalue weighted by molar-refractivity contribution is 5.92. The molecule has 0 fully saturated rings. The molecule has 1 rings (SSSR count). The molecule has 0 unspecified atom stereocenters. The van der Waals surface area contributed by atoms with E-state index in [9.17, 15) is 4.79 Å². The molecule has 1 aromatic rings. The Hall–Kier alpha value is -1.39. The molecule has 0 aliphatic carbocycles. The molecule has 2 N–H and O–H groups in total. The summed E-state index contributed by atoms with van der Waals surface area (Å²) in [6.07, 6.45) is 0. The maximum Gasteiger partial charge on any atom is 0.238 e. The second kappa shape index (κ2) is 6.16. The van der Waals surface area contributed by atoms with Crippen LogP contribution in [0.4, 0.5) is 5.69 Å². The summed E-state index contributed by atoms with van der Waals surface area (Å²) in [4.78, 5) is 11.2. The summed E-state index contributed by atoms with van der Waals surface area (Å²) >= 11 is 0. The Bertz CT molecular complexity index is 309. The van der Waals surface area contributed by atoms with Crippen LogP contribution in [0.25, 0.3) is 0 Å². The molecule has 0 saturated heterocycles. The molecule has 0 bridgehead atoms. The number of hydrogen-bond donors (Lipinski definition) is 2. The molecule has 4 nitrogen and oxygen atoms in total. The molecule has 0 saturated carbocycles. The smallest absolute Gasteiger partial charge is 0.238 e. The lowest BCUT2D eigenvalue weighted by atomic mass is 10.2. The predicted octanol–water partition coefficient (Wildman–Crippen LogP) is 0.991. The van der Waals surface area contributed by atoms with Crippen molar-refractivity contribution in [3.8, 4) is 0 Å². The lowest BCUT2D eigenvalue weighted by Crippen LogP contribution is -2.24. The average Bonchev–Trinajstić information content (AvgIpc) is 2.22. The normalized spacial score (nSPS) is 10.0. The lowest BCUT2D eigenvalue weighted by Gasteiger charge is -2.05. The summed E-state index contributed by atoms with van der Waals surface area (Å²) in [5.74, 6) is -0.0445. The molecule has 1 amide bonds. The summed E-state index contributed by atoms with van der Waals surface area (Å²) in [5.41, 5.74) is 1.89. The van der Waals surface area contributed by atoms with Crippen molar-refractivity contribution in [1.82, 2.24) is 5.32 Å². The monoisotopic (exact) mass is 208 g/mol. The van der Waals surface area contributed by atoms with Gasteiger partial charge in [-0.2, -0.15) is 0 Å². The van der Waals surface area contributed by atoms with E-state index in [2.05, 4.69) is 10.6 Å². The molecule has 1 aromatic carbocycles. The number of likely N-dealkylation sites (N-methyl/N-ethyl adjacent to an activating group) is 1. The Morgan fingerprint density at radius 1 is 1.33 bits per heavy atom. The molecule has 0 aliphatic rings. The Balaban J connectivity index is 2.52. The van der Waals surface area contributed by atoms with Crippen LogP contribution < -0.4 is 10.6 Å². The largest absolute Gasteiger partial charge is 0.380 e. The number of carbonyl (C=O) groups excluding carboxylic acids is 1. The van der Waals surface area contributed by atoms with Crippen molar-refractivity contribution in [2.24, 2.45) is 0 Å². The zero-order valence-corrected chi connectivity index (χ0v) is 9.04. The van der Waals surface area contributed by atoms with E-state index in [4.69, 9.17) is 4.74 Å². The number of anilines is 1. The maximum absolute atomic E-state index is 11.2. The first-order valence-electron chi connectivity index (χ1n) is 4.78. The van der Waals surface area contributed by atoms with Crippen LogP contribution in [0.3, 0.4) is 0 Å². The predicted molar refractivity (Wildman–Crippen MR) is 59.7 cm³/mol. The van der Waals surface area contributed by atoms with Crippen molar-refractivity contribution in [2.45, 2.75) is 6.61 Å². The van der Waals surface area contributed by atoms with Crippen LogP contribution in [0.1, 0.15) is 5.56 Å². The topological polar surface area (TPSA) is 50.4 Å². The summed E-state index contributed by atoms with van der Waals surface area (Å²) in [6.45, 7) is 0.907. The van der Waals surface area contributed by atoms with Gasteiger partial charge in [-0.1, -0.05) is 12.1 Å². The summed E-state index contributed by atoms with van der Waals surface area (Å²) in [7, 11) is 3.39. The maximum atomic E-state index is 11.2. The van der Waals surface area contributed by atoms with Gasteiger partial charge in [0.1, 0.15) is 0 Å². The minimum Gasteiger partial charge on any atom is -0.380 e. The molecular formula is C11H16N2O2. The van der Waals surface area contributed by atoms with Gasteiger partial charge in [-0.25, -0.2) is 0 Å². The van der Waals surface area contributed by atoms with E-state index >= 15 is 0 Å². The highest BCUT2D eigenvalue weighted by atomic mass is 16.5. The lowest BCUT2D eigenvalue weighted by molar-refractivity contribution is -0.115. The van der Waals surface area contributed by atoms with Crippen LogP contribution in [-0.4, -0.2) is 26.6 Å². The molecule has 0 aliphatic heterocycles. The van der Waals surface area contributed by atoms with E-state index in [1.54, 1.807) is 14.2 Å². The molecule has 0 spiro atoms. The van der Waals surface area contributed by atoms with Gasteiger partial charge in [0.25, 0.3) is 0 Å². The molecule has 0 atom stereocenters. The average molecular weight is 208 g/mol. The highest BCUT2D eigenvalue weighted by Gasteiger charge is 1.99. The van der Waals surface area contributed by atoms with Crippen molar-refractivity contribution in [3.05, 3.63) is 29.8 Å². The number of nitrogens with one attached hydrogen (secondary N) is 2. The standard InChI is InChI=1S/C11H16N2O2/c1-12-7-11(14)13-10-5-3-9(4-6-10)8-15-2/h3-6,12H,7-8H2,1-2H3,(H,13,14). The van der Waals surface area contributed by atoms with Gasteiger partial charge >= 0.3 is 0 Å². The Labute approximate surface area is 89.6 Å². The van der Waals surface area contributed by atoms with Gasteiger partial charge < -0.3 is 15.4 Å². The minimum absolute atomic E-state index is 0.0445. The molecule has 0 aromatic heterocycles. The third-order valence-corrected chi connectivity index (χ3v) is 1.89. The highest BCUT2D eigenvalue weighted by Crippen LogP contribution is 2.09. The molecular weight excluding hydrogens is 192 g/mol. The van der Waals surface area contributed by atoms with Crippen molar-refractivity contribution in [2.75, 3.05) is 26.0 Å². The van der Waals surface area contributed by atoms with Crippen LogP contribution in [0.15, 0.2) is 24.3 Å². The van der Waals surface area contributed by atoms with E-state index < -0.39 is 0 Å². The molecule has 0 radical (unpaired) electrons. The van der Waals surface area contributed by atoms with E-state index in [0.29, 0.717) is 13.2 Å². The Morgan fingerprint density at radius 3 is 2.53 bits per heavy atom. The fourth-order valence-electron chi connectivity index (χ4n) is 1.22. The minimum atomic E-state index is -0.0445. The molecule has 0 heterocycles. The van der Waals surface area contributed by atoms with Crippen LogP contribution in [0.2, 0.25) is 0 Å². The van der Waals surface area contributed by atoms with E-state index in [0.717, 1.165) is 11.3 Å². The fourth-order valence-corrected chi connectivity index (χ4v) is 1.22. The first kappa shape index (κ1) is 11.7. The van der Waals surface area contributed by atoms with Gasteiger partial charge in [-0.3, -0.25) is 4.79 Å². The molecule has 4 heteroatoms. The number of hydrogen-bond acceptors (Lipinski definition) is 3. The Kier molecular flexibility index (Phi) is 4.80. The van der Waals surface area contributed by atoms with Gasteiger partial charge in [-0.05, 0) is 24.7 Å².